The number of nitrogens with two attached hydrogens (primary N) is 1. The van der Waals surface area contributed by atoms with Gasteiger partial charge in [0, 0.05) is 5.69 Å². The second-order valence-electron chi connectivity index (χ2n) is 1.99. The van der Waals surface area contributed by atoms with Crippen LogP contribution in [0.4, 0.5) is 5.69 Å². The summed E-state index contributed by atoms with van der Waals surface area (Å²) in [5.41, 5.74) is 6.25. The average Bonchev–Trinajstić information content (AvgIpc) is 2.03. The van der Waals surface area contributed by atoms with Crippen molar-refractivity contribution < 1.29 is 9.08 Å². The predicted octanol–water partition coefficient (Wildman–Crippen LogP) is 2.00. The predicted molar refractivity (Wildman–Crippen MR) is 49.4 cm³/mol. The Morgan fingerprint density at radius 1 is 1.50 bits per heavy atom. The van der Waals surface area contributed by atoms with Gasteiger partial charge in [-0.1, -0.05) is 6.07 Å². The minimum Gasteiger partial charge on any atom is -0.399 e. The van der Waals surface area contributed by atoms with Crippen molar-refractivity contribution in [2.45, 2.75) is 0 Å². The van der Waals surface area contributed by atoms with Crippen LogP contribution < -0.4 is 5.73 Å². The number of carbonyl (C=O) groups is 1. The van der Waals surface area contributed by atoms with E-state index in [9.17, 15) is 4.79 Å². The zero-order valence-electron chi connectivity index (χ0n) is 5.99. The SMILES string of the molecule is Cl.Nc1cccc(C(=O)OCl)c1. The van der Waals surface area contributed by atoms with Crippen LogP contribution in [0.25, 0.3) is 0 Å². The van der Waals surface area contributed by atoms with Gasteiger partial charge in [0.15, 0.2) is 0 Å². The largest absolute Gasteiger partial charge is 0.399 e. The van der Waals surface area contributed by atoms with E-state index < -0.39 is 5.97 Å². The first-order chi connectivity index (χ1) is 5.24. The molecular formula is C7H7Cl2NO2. The number of hydrogen-bond acceptors (Lipinski definition) is 3. The summed E-state index contributed by atoms with van der Waals surface area (Å²) in [5, 5.41) is 0. The van der Waals surface area contributed by atoms with Crippen molar-refractivity contribution in [1.29, 1.82) is 0 Å². The molecule has 12 heavy (non-hydrogen) atoms. The maximum absolute atomic E-state index is 10.8. The highest BCUT2D eigenvalue weighted by atomic mass is 35.5. The number of halogens is 2. The Hall–Kier alpha value is -0.930. The van der Waals surface area contributed by atoms with Crippen molar-refractivity contribution in [3.05, 3.63) is 29.8 Å². The van der Waals surface area contributed by atoms with Crippen molar-refractivity contribution in [1.82, 2.24) is 0 Å². The third-order valence-electron chi connectivity index (χ3n) is 1.19. The van der Waals surface area contributed by atoms with Gasteiger partial charge < -0.3 is 10.0 Å². The van der Waals surface area contributed by atoms with Crippen LogP contribution in [0, 0.1) is 0 Å². The highest BCUT2D eigenvalue weighted by molar-refractivity contribution is 6.15. The van der Waals surface area contributed by atoms with Crippen LogP contribution in [0.1, 0.15) is 10.4 Å². The first kappa shape index (κ1) is 11.1. The van der Waals surface area contributed by atoms with Crippen molar-refractivity contribution in [2.75, 3.05) is 5.73 Å². The summed E-state index contributed by atoms with van der Waals surface area (Å²) in [5.74, 6) is -0.598. The van der Waals surface area contributed by atoms with Gasteiger partial charge in [-0.15, -0.1) is 12.4 Å². The van der Waals surface area contributed by atoms with Gasteiger partial charge in [-0.05, 0) is 18.2 Å². The second kappa shape index (κ2) is 4.85. The molecule has 0 aliphatic heterocycles. The maximum atomic E-state index is 10.8. The first-order valence-electron chi connectivity index (χ1n) is 2.92. The minimum atomic E-state index is -0.598. The number of hydrogen-bond donors (Lipinski definition) is 1. The van der Waals surface area contributed by atoms with E-state index in [4.69, 9.17) is 17.6 Å². The Labute approximate surface area is 81.0 Å². The lowest BCUT2D eigenvalue weighted by Gasteiger charge is -1.96. The van der Waals surface area contributed by atoms with Crippen LogP contribution in [0.5, 0.6) is 0 Å². The van der Waals surface area contributed by atoms with Crippen LogP contribution in [-0.2, 0) is 4.29 Å². The molecule has 0 fully saturated rings. The lowest BCUT2D eigenvalue weighted by atomic mass is 10.2. The van der Waals surface area contributed by atoms with Crippen LogP contribution in [0.2, 0.25) is 0 Å². The molecule has 0 saturated heterocycles. The van der Waals surface area contributed by atoms with Crippen LogP contribution in [-0.4, -0.2) is 5.97 Å². The minimum absolute atomic E-state index is 0. The molecule has 0 spiro atoms. The third-order valence-corrected chi connectivity index (χ3v) is 1.33. The Morgan fingerprint density at radius 3 is 2.67 bits per heavy atom. The van der Waals surface area contributed by atoms with Crippen LogP contribution >= 0.6 is 24.3 Å². The normalized spacial score (nSPS) is 8.42. The quantitative estimate of drug-likeness (QED) is 0.718. The van der Waals surface area contributed by atoms with Gasteiger partial charge in [0.25, 0.3) is 0 Å². The summed E-state index contributed by atoms with van der Waals surface area (Å²) in [6.45, 7) is 0. The molecule has 5 heteroatoms. The van der Waals surface area contributed by atoms with Crippen LogP contribution in [0.3, 0.4) is 0 Å². The lowest BCUT2D eigenvalue weighted by Crippen LogP contribution is -1.98. The van der Waals surface area contributed by atoms with Crippen molar-refractivity contribution in [2.24, 2.45) is 0 Å². The summed E-state index contributed by atoms with van der Waals surface area (Å²) in [7, 11) is 0. The zero-order valence-corrected chi connectivity index (χ0v) is 7.56. The summed E-state index contributed by atoms with van der Waals surface area (Å²) in [4.78, 5) is 10.8. The van der Waals surface area contributed by atoms with Gasteiger partial charge in [0.05, 0.1) is 5.56 Å². The maximum Gasteiger partial charge on any atom is 0.356 e. The van der Waals surface area contributed by atoms with Crippen molar-refractivity contribution in [3.8, 4) is 0 Å². The molecular weight excluding hydrogens is 201 g/mol. The molecule has 0 amide bonds. The number of benzene rings is 1. The highest BCUT2D eigenvalue weighted by Gasteiger charge is 2.04. The molecule has 1 aromatic rings. The number of carbonyl (C=O) groups excluding carboxylic acids is 1. The molecule has 3 nitrogen and oxygen atoms in total. The van der Waals surface area contributed by atoms with Gasteiger partial charge in [-0.3, -0.25) is 0 Å². The molecule has 0 unspecified atom stereocenters. The second-order valence-corrected chi connectivity index (χ2v) is 2.14. The summed E-state index contributed by atoms with van der Waals surface area (Å²) in [6, 6.07) is 6.38. The van der Waals surface area contributed by atoms with Gasteiger partial charge in [0.1, 0.15) is 11.9 Å². The van der Waals surface area contributed by atoms with Gasteiger partial charge in [-0.25, -0.2) is 4.79 Å². The Bertz CT molecular complexity index is 278. The van der Waals surface area contributed by atoms with E-state index >= 15 is 0 Å². The lowest BCUT2D eigenvalue weighted by molar-refractivity contribution is 0.0751. The molecule has 2 N–H and O–H groups in total. The average molecular weight is 208 g/mol. The molecule has 0 aromatic heterocycles. The molecule has 66 valence electrons. The monoisotopic (exact) mass is 207 g/mol. The molecule has 1 rings (SSSR count). The van der Waals surface area contributed by atoms with Gasteiger partial charge in [-0.2, -0.15) is 0 Å². The molecule has 1 aromatic carbocycles. The van der Waals surface area contributed by atoms with E-state index in [0.717, 1.165) is 0 Å². The van der Waals surface area contributed by atoms with Crippen LogP contribution in [0.15, 0.2) is 24.3 Å². The molecule has 0 saturated carbocycles. The van der Waals surface area contributed by atoms with Gasteiger partial charge in [0.2, 0.25) is 0 Å². The summed E-state index contributed by atoms with van der Waals surface area (Å²) < 4.78 is 3.97. The third kappa shape index (κ3) is 2.60. The van der Waals surface area contributed by atoms with Crippen molar-refractivity contribution >= 4 is 35.9 Å². The molecule has 0 aliphatic carbocycles. The topological polar surface area (TPSA) is 52.3 Å². The van der Waals surface area contributed by atoms with E-state index in [1.54, 1.807) is 18.2 Å². The summed E-state index contributed by atoms with van der Waals surface area (Å²) >= 11 is 4.85. The molecule has 0 atom stereocenters. The van der Waals surface area contributed by atoms with E-state index in [-0.39, 0.29) is 12.4 Å². The smallest absolute Gasteiger partial charge is 0.356 e. The Morgan fingerprint density at radius 2 is 2.17 bits per heavy atom. The molecule has 0 bridgehead atoms. The number of anilines is 1. The number of rotatable bonds is 1. The molecule has 0 radical (unpaired) electrons. The van der Waals surface area contributed by atoms with E-state index in [1.165, 1.54) is 6.07 Å². The van der Waals surface area contributed by atoms with E-state index in [2.05, 4.69) is 4.29 Å². The zero-order chi connectivity index (χ0) is 8.27. The Kier molecular flexibility index (Phi) is 4.47. The fourth-order valence-electron chi connectivity index (χ4n) is 0.710. The Balaban J connectivity index is 0.00000121. The van der Waals surface area contributed by atoms with Gasteiger partial charge >= 0.3 is 5.97 Å². The molecule has 0 aliphatic rings. The fourth-order valence-corrected chi connectivity index (χ4v) is 0.799. The standard InChI is InChI=1S/C7H6ClNO2.ClH/c8-11-7(10)5-2-1-3-6(9)4-5;/h1-4H,9H2;1H. The van der Waals surface area contributed by atoms with E-state index in [0.29, 0.717) is 11.3 Å². The van der Waals surface area contributed by atoms with E-state index in [1.807, 2.05) is 0 Å². The highest BCUT2D eigenvalue weighted by Crippen LogP contribution is 2.08. The first-order valence-corrected chi connectivity index (χ1v) is 3.23. The van der Waals surface area contributed by atoms with Crippen molar-refractivity contribution in [3.63, 3.8) is 0 Å². The summed E-state index contributed by atoms with van der Waals surface area (Å²) in [6.07, 6.45) is 0. The number of nitrogen functional groups attached to an aromatic ring is 1. The molecule has 0 heterocycles. The fraction of sp³-hybridized carbons (Fsp3) is 0.